The van der Waals surface area contributed by atoms with Crippen molar-refractivity contribution in [3.8, 4) is 5.75 Å². The summed E-state index contributed by atoms with van der Waals surface area (Å²) < 4.78 is 5.33. The van der Waals surface area contributed by atoms with Gasteiger partial charge >= 0.3 is 0 Å². The standard InChI is InChI=1S/C17H19ClN2O2/c1-20(11-13-5-3-4-6-16(13)22-2)12-17(21)19-15-9-7-14(18)8-10-15/h3-10H,11-12H2,1-2H3,(H,19,21)/p+1. The minimum absolute atomic E-state index is 0.0327. The highest BCUT2D eigenvalue weighted by Gasteiger charge is 2.13. The van der Waals surface area contributed by atoms with Crippen LogP contribution in [0.25, 0.3) is 0 Å². The minimum Gasteiger partial charge on any atom is -0.496 e. The van der Waals surface area contributed by atoms with Crippen molar-refractivity contribution >= 4 is 23.2 Å². The van der Waals surface area contributed by atoms with Gasteiger partial charge in [0.1, 0.15) is 12.3 Å². The Morgan fingerprint density at radius 2 is 1.86 bits per heavy atom. The molecule has 0 aliphatic heterocycles. The number of anilines is 1. The summed E-state index contributed by atoms with van der Waals surface area (Å²) in [5, 5.41) is 3.51. The SMILES string of the molecule is COc1ccccc1C[NH+](C)CC(=O)Nc1ccc(Cl)cc1. The lowest BCUT2D eigenvalue weighted by Gasteiger charge is -2.15. The highest BCUT2D eigenvalue weighted by Crippen LogP contribution is 2.16. The molecule has 2 rings (SSSR count). The van der Waals surface area contributed by atoms with E-state index in [1.54, 1.807) is 31.4 Å². The normalized spacial score (nSPS) is 11.8. The topological polar surface area (TPSA) is 42.8 Å². The highest BCUT2D eigenvalue weighted by molar-refractivity contribution is 6.30. The van der Waals surface area contributed by atoms with Crippen molar-refractivity contribution < 1.29 is 14.4 Å². The molecule has 0 saturated heterocycles. The third-order valence-electron chi connectivity index (χ3n) is 3.28. The van der Waals surface area contributed by atoms with Gasteiger partial charge < -0.3 is 15.0 Å². The molecule has 2 aromatic rings. The number of quaternary nitrogens is 1. The Hall–Kier alpha value is -2.04. The zero-order chi connectivity index (χ0) is 15.9. The number of hydrogen-bond donors (Lipinski definition) is 2. The molecule has 0 aromatic heterocycles. The van der Waals surface area contributed by atoms with Crippen LogP contribution in [-0.2, 0) is 11.3 Å². The third kappa shape index (κ3) is 4.76. The monoisotopic (exact) mass is 319 g/mol. The van der Waals surface area contributed by atoms with E-state index in [9.17, 15) is 4.79 Å². The van der Waals surface area contributed by atoms with Crippen molar-refractivity contribution in [3.63, 3.8) is 0 Å². The van der Waals surface area contributed by atoms with Crippen molar-refractivity contribution in [2.45, 2.75) is 6.54 Å². The maximum absolute atomic E-state index is 12.1. The van der Waals surface area contributed by atoms with E-state index in [4.69, 9.17) is 16.3 Å². The second-order valence-electron chi connectivity index (χ2n) is 5.18. The van der Waals surface area contributed by atoms with Crippen LogP contribution in [0.4, 0.5) is 5.69 Å². The largest absolute Gasteiger partial charge is 0.496 e. The molecule has 116 valence electrons. The molecule has 0 heterocycles. The summed E-state index contributed by atoms with van der Waals surface area (Å²) in [6, 6.07) is 14.9. The van der Waals surface area contributed by atoms with Crippen LogP contribution in [0, 0.1) is 0 Å². The average Bonchev–Trinajstić information content (AvgIpc) is 2.50. The fourth-order valence-electron chi connectivity index (χ4n) is 2.25. The van der Waals surface area contributed by atoms with E-state index in [-0.39, 0.29) is 5.91 Å². The Labute approximate surface area is 135 Å². The van der Waals surface area contributed by atoms with Crippen LogP contribution in [0.2, 0.25) is 5.02 Å². The van der Waals surface area contributed by atoms with E-state index < -0.39 is 0 Å². The molecule has 1 unspecified atom stereocenters. The molecular weight excluding hydrogens is 300 g/mol. The number of halogens is 1. The number of methoxy groups -OCH3 is 1. The van der Waals surface area contributed by atoms with E-state index in [1.807, 2.05) is 31.3 Å². The summed E-state index contributed by atoms with van der Waals surface area (Å²) in [5.41, 5.74) is 1.83. The van der Waals surface area contributed by atoms with E-state index in [0.717, 1.165) is 28.4 Å². The van der Waals surface area contributed by atoms with E-state index in [1.165, 1.54) is 0 Å². The first kappa shape index (κ1) is 16.3. The molecule has 0 aliphatic rings. The van der Waals surface area contributed by atoms with Gasteiger partial charge in [0.05, 0.1) is 14.2 Å². The summed E-state index contributed by atoms with van der Waals surface area (Å²) in [6.45, 7) is 1.10. The Morgan fingerprint density at radius 3 is 2.55 bits per heavy atom. The zero-order valence-electron chi connectivity index (χ0n) is 12.7. The fraction of sp³-hybridized carbons (Fsp3) is 0.235. The first-order valence-corrected chi connectivity index (χ1v) is 7.45. The Kier molecular flexibility index (Phi) is 5.81. The second kappa shape index (κ2) is 7.82. The van der Waals surface area contributed by atoms with Crippen LogP contribution in [0.3, 0.4) is 0 Å². The number of carbonyl (C=O) groups excluding carboxylic acids is 1. The zero-order valence-corrected chi connectivity index (χ0v) is 13.5. The van der Waals surface area contributed by atoms with Gasteiger partial charge in [-0.1, -0.05) is 23.7 Å². The first-order valence-electron chi connectivity index (χ1n) is 7.07. The van der Waals surface area contributed by atoms with Gasteiger partial charge in [0.2, 0.25) is 0 Å². The number of benzene rings is 2. The predicted molar refractivity (Wildman–Crippen MR) is 88.5 cm³/mol. The average molecular weight is 320 g/mol. The third-order valence-corrected chi connectivity index (χ3v) is 3.53. The maximum Gasteiger partial charge on any atom is 0.279 e. The molecule has 4 nitrogen and oxygen atoms in total. The molecule has 0 fully saturated rings. The number of rotatable bonds is 6. The van der Waals surface area contributed by atoms with Crippen LogP contribution >= 0.6 is 11.6 Å². The highest BCUT2D eigenvalue weighted by atomic mass is 35.5. The van der Waals surface area contributed by atoms with E-state index in [2.05, 4.69) is 5.32 Å². The number of carbonyl (C=O) groups is 1. The molecule has 22 heavy (non-hydrogen) atoms. The molecule has 1 atom stereocenters. The Morgan fingerprint density at radius 1 is 1.18 bits per heavy atom. The van der Waals surface area contributed by atoms with Crippen LogP contribution in [0.1, 0.15) is 5.56 Å². The molecule has 0 bridgehead atoms. The summed E-state index contributed by atoms with van der Waals surface area (Å²) in [5.74, 6) is 0.815. The summed E-state index contributed by atoms with van der Waals surface area (Å²) in [4.78, 5) is 13.1. The molecular formula is C17H20ClN2O2+. The number of para-hydroxylation sites is 1. The second-order valence-corrected chi connectivity index (χ2v) is 5.61. The van der Waals surface area contributed by atoms with Crippen LogP contribution in [-0.4, -0.2) is 26.6 Å². The number of hydrogen-bond acceptors (Lipinski definition) is 2. The molecule has 2 aromatic carbocycles. The lowest BCUT2D eigenvalue weighted by molar-refractivity contribution is -0.885. The molecule has 1 amide bonds. The molecule has 5 heteroatoms. The van der Waals surface area contributed by atoms with E-state index >= 15 is 0 Å². The first-order chi connectivity index (χ1) is 10.6. The van der Waals surface area contributed by atoms with Gasteiger partial charge in [0, 0.05) is 16.3 Å². The van der Waals surface area contributed by atoms with E-state index in [0.29, 0.717) is 11.6 Å². The summed E-state index contributed by atoms with van der Waals surface area (Å²) >= 11 is 5.82. The predicted octanol–water partition coefficient (Wildman–Crippen LogP) is 2.00. The fourth-order valence-corrected chi connectivity index (χ4v) is 2.38. The maximum atomic E-state index is 12.1. The Balaban J connectivity index is 1.89. The minimum atomic E-state index is -0.0327. The van der Waals surface area contributed by atoms with Gasteiger partial charge in [-0.25, -0.2) is 0 Å². The smallest absolute Gasteiger partial charge is 0.279 e. The lowest BCUT2D eigenvalue weighted by atomic mass is 10.2. The molecule has 0 aliphatic carbocycles. The number of amides is 1. The van der Waals surface area contributed by atoms with Gasteiger partial charge in [0.25, 0.3) is 5.91 Å². The van der Waals surface area contributed by atoms with Gasteiger partial charge in [-0.3, -0.25) is 4.79 Å². The van der Waals surface area contributed by atoms with Crippen molar-refractivity contribution in [2.75, 3.05) is 26.0 Å². The van der Waals surface area contributed by atoms with Gasteiger partial charge in [0.15, 0.2) is 6.54 Å². The quantitative estimate of drug-likeness (QED) is 0.855. The Bertz CT molecular complexity index is 629. The van der Waals surface area contributed by atoms with Crippen molar-refractivity contribution in [2.24, 2.45) is 0 Å². The van der Waals surface area contributed by atoms with Crippen LogP contribution < -0.4 is 15.0 Å². The van der Waals surface area contributed by atoms with Crippen molar-refractivity contribution in [1.29, 1.82) is 0 Å². The van der Waals surface area contributed by atoms with Gasteiger partial charge in [-0.05, 0) is 36.4 Å². The number of ether oxygens (including phenoxy) is 1. The van der Waals surface area contributed by atoms with Crippen LogP contribution in [0.5, 0.6) is 5.75 Å². The number of nitrogens with one attached hydrogen (secondary N) is 2. The van der Waals surface area contributed by atoms with Crippen molar-refractivity contribution in [3.05, 3.63) is 59.1 Å². The van der Waals surface area contributed by atoms with Gasteiger partial charge in [-0.15, -0.1) is 0 Å². The molecule has 0 radical (unpaired) electrons. The lowest BCUT2D eigenvalue weighted by Crippen LogP contribution is -3.08. The molecule has 0 spiro atoms. The van der Waals surface area contributed by atoms with Crippen molar-refractivity contribution in [1.82, 2.24) is 0 Å². The number of likely N-dealkylation sites (N-methyl/N-ethyl adjacent to an activating group) is 1. The van der Waals surface area contributed by atoms with Crippen LogP contribution in [0.15, 0.2) is 48.5 Å². The summed E-state index contributed by atoms with van der Waals surface area (Å²) in [7, 11) is 3.63. The molecule has 0 saturated carbocycles. The summed E-state index contributed by atoms with van der Waals surface area (Å²) in [6.07, 6.45) is 0. The van der Waals surface area contributed by atoms with Gasteiger partial charge in [-0.2, -0.15) is 0 Å². The molecule has 2 N–H and O–H groups in total.